The van der Waals surface area contributed by atoms with Crippen molar-refractivity contribution in [3.05, 3.63) is 82.9 Å². The van der Waals surface area contributed by atoms with Gasteiger partial charge in [0.15, 0.2) is 17.5 Å². The molecule has 2 bridgehead atoms. The summed E-state index contributed by atoms with van der Waals surface area (Å²) in [6.07, 6.45) is -14.7. The molecule has 1 saturated heterocycles. The lowest BCUT2D eigenvalue weighted by Crippen LogP contribution is -2.82. The highest BCUT2D eigenvalue weighted by atomic mass is 35.6. The summed E-state index contributed by atoms with van der Waals surface area (Å²) in [6, 6.07) is 15.1. The number of esters is 4. The van der Waals surface area contributed by atoms with Gasteiger partial charge in [-0.15, -0.1) is 0 Å². The van der Waals surface area contributed by atoms with Gasteiger partial charge >= 0.3 is 36.2 Å². The molecule has 1 aliphatic heterocycles. The van der Waals surface area contributed by atoms with Crippen molar-refractivity contribution >= 4 is 112 Å². The highest BCUT2D eigenvalue weighted by Crippen LogP contribution is 2.65. The molecule has 18 nitrogen and oxygen atoms in total. The van der Waals surface area contributed by atoms with E-state index in [2.05, 4.69) is 5.32 Å². The van der Waals surface area contributed by atoms with Crippen LogP contribution in [0.5, 0.6) is 0 Å². The van der Waals surface area contributed by atoms with Crippen LogP contribution in [0.4, 0.5) is 9.59 Å². The van der Waals surface area contributed by atoms with E-state index in [0.29, 0.717) is 5.56 Å². The van der Waals surface area contributed by atoms with Crippen LogP contribution in [0, 0.1) is 16.7 Å². The third kappa shape index (κ3) is 11.5. The number of Topliss-reactive ketones (excluding diaryl/α,β-unsaturated/α-hetero) is 1. The number of benzene rings is 2. The van der Waals surface area contributed by atoms with Gasteiger partial charge in [0.25, 0.3) is 0 Å². The number of hydrogen-bond acceptors (Lipinski definition) is 18. The van der Waals surface area contributed by atoms with Crippen molar-refractivity contribution in [2.45, 2.75) is 116 Å². The molecule has 1 unspecified atom stereocenters. The van der Waals surface area contributed by atoms with Crippen molar-refractivity contribution in [2.24, 2.45) is 16.7 Å². The Hall–Kier alpha value is -4.11. The fourth-order valence-electron chi connectivity index (χ4n) is 10.4. The number of ether oxygens (including phenoxy) is 9. The molecule has 4 aliphatic rings. The zero-order valence-electron chi connectivity index (χ0n) is 39.2. The molecule has 388 valence electrons. The summed E-state index contributed by atoms with van der Waals surface area (Å²) in [5, 5.41) is 17.0. The van der Waals surface area contributed by atoms with Crippen LogP contribution in [-0.2, 0) is 61.8 Å². The molecule has 3 aliphatic carbocycles. The van der Waals surface area contributed by atoms with Crippen LogP contribution in [-0.4, -0.2) is 129 Å². The molecule has 0 aromatic heterocycles. The number of alkyl halides is 6. The number of fused-ring (bicyclic) bond motifs is 5. The van der Waals surface area contributed by atoms with E-state index in [-0.39, 0.29) is 16.7 Å². The van der Waals surface area contributed by atoms with Crippen molar-refractivity contribution in [1.82, 2.24) is 5.32 Å². The Balaban J connectivity index is 1.64. The first-order chi connectivity index (χ1) is 33.0. The van der Waals surface area contributed by atoms with E-state index < -0.39 is 153 Å². The summed E-state index contributed by atoms with van der Waals surface area (Å²) < 4.78 is 48.3. The Kier molecular flexibility index (Phi) is 16.9. The molecule has 6 rings (SSSR count). The SMILES string of the molecule is CN[C@@H](c1ccccc1)C(OC(C)=O)C(=O)O[C@H]1C[C@@]2(O)[C@@H](OC(=O)c3ccccc3)[C@@H]3[C@]4(OC(C)=O)CO[C@@H]4C[C@H](OC(=O)OCC(Cl)(Cl)Cl)[C@@]3(C)C(=O)[C@H](OC(=O)OCC(Cl)(Cl)Cl)C(=C1C)C2(C)C. The molecule has 3 fully saturated rings. The van der Waals surface area contributed by atoms with Gasteiger partial charge in [-0.3, -0.25) is 14.4 Å². The molecule has 0 amide bonds. The first-order valence-electron chi connectivity index (χ1n) is 22.0. The van der Waals surface area contributed by atoms with Crippen LogP contribution in [0.2, 0.25) is 0 Å². The molecular weight excluding hydrogens is 1060 g/mol. The molecular formula is C47H51Cl6NO17. The fourth-order valence-corrected chi connectivity index (χ4v) is 10.7. The van der Waals surface area contributed by atoms with Crippen LogP contribution in [0.1, 0.15) is 76.3 Å². The molecule has 0 spiro atoms. The van der Waals surface area contributed by atoms with E-state index in [4.69, 9.17) is 112 Å². The van der Waals surface area contributed by atoms with Gasteiger partial charge in [-0.1, -0.05) is 132 Å². The minimum atomic E-state index is -2.60. The molecule has 71 heavy (non-hydrogen) atoms. The first kappa shape index (κ1) is 56.2. The zero-order valence-corrected chi connectivity index (χ0v) is 43.7. The minimum Gasteiger partial charge on any atom is -0.455 e. The lowest BCUT2D eigenvalue weighted by Gasteiger charge is -2.67. The monoisotopic (exact) mass is 1110 g/mol. The third-order valence-corrected chi connectivity index (χ3v) is 14.2. The first-order valence-corrected chi connectivity index (χ1v) is 24.2. The van der Waals surface area contributed by atoms with Crippen LogP contribution in [0.25, 0.3) is 0 Å². The Morgan fingerprint density at radius 1 is 0.817 bits per heavy atom. The topological polar surface area (TPSA) is 235 Å². The van der Waals surface area contributed by atoms with Gasteiger partial charge in [0.2, 0.25) is 13.7 Å². The van der Waals surface area contributed by atoms with Crippen LogP contribution in [0.3, 0.4) is 0 Å². The van der Waals surface area contributed by atoms with Crippen molar-refractivity contribution < 1.29 is 81.3 Å². The summed E-state index contributed by atoms with van der Waals surface area (Å²) in [7, 11) is 1.52. The van der Waals surface area contributed by atoms with Gasteiger partial charge in [-0.25, -0.2) is 19.2 Å². The predicted octanol–water partition coefficient (Wildman–Crippen LogP) is 7.59. The summed E-state index contributed by atoms with van der Waals surface area (Å²) in [5.74, 6) is -6.87. The van der Waals surface area contributed by atoms with E-state index in [9.17, 15) is 33.9 Å². The summed E-state index contributed by atoms with van der Waals surface area (Å²) in [4.78, 5) is 99.0. The second-order valence-corrected chi connectivity index (χ2v) is 23.3. The number of nitrogens with one attached hydrogen (secondary N) is 1. The Bertz CT molecular complexity index is 2410. The van der Waals surface area contributed by atoms with Crippen molar-refractivity contribution in [2.75, 3.05) is 26.9 Å². The maximum absolute atomic E-state index is 16.3. The van der Waals surface area contributed by atoms with Crippen LogP contribution < -0.4 is 5.32 Å². The van der Waals surface area contributed by atoms with Gasteiger partial charge in [0.1, 0.15) is 43.2 Å². The highest BCUT2D eigenvalue weighted by molar-refractivity contribution is 6.68. The highest BCUT2D eigenvalue weighted by Gasteiger charge is 2.79. The number of ketones is 1. The maximum Gasteiger partial charge on any atom is 0.509 e. The smallest absolute Gasteiger partial charge is 0.455 e. The average Bonchev–Trinajstić information content (AvgIpc) is 3.28. The Morgan fingerprint density at radius 2 is 1.38 bits per heavy atom. The number of aliphatic hydroxyl groups is 1. The van der Waals surface area contributed by atoms with Gasteiger partial charge < -0.3 is 53.1 Å². The number of rotatable bonds is 13. The Morgan fingerprint density at radius 3 is 1.89 bits per heavy atom. The van der Waals surface area contributed by atoms with Gasteiger partial charge in [0, 0.05) is 32.1 Å². The van der Waals surface area contributed by atoms with Crippen molar-refractivity contribution in [3.63, 3.8) is 0 Å². The molecule has 2 aromatic rings. The van der Waals surface area contributed by atoms with Crippen molar-refractivity contribution in [1.29, 1.82) is 0 Å². The van der Waals surface area contributed by atoms with Crippen molar-refractivity contribution in [3.8, 4) is 0 Å². The zero-order chi connectivity index (χ0) is 52.6. The lowest BCUT2D eigenvalue weighted by molar-refractivity contribution is -0.346. The van der Waals surface area contributed by atoms with E-state index in [0.717, 1.165) is 13.8 Å². The second kappa shape index (κ2) is 21.4. The largest absolute Gasteiger partial charge is 0.509 e. The molecule has 2 aromatic carbocycles. The Labute approximate surface area is 438 Å². The average molecular weight is 1110 g/mol. The van der Waals surface area contributed by atoms with Crippen LogP contribution >= 0.6 is 69.6 Å². The minimum absolute atomic E-state index is 0.0212. The van der Waals surface area contributed by atoms with Crippen LogP contribution in [0.15, 0.2) is 71.8 Å². The van der Waals surface area contributed by atoms with Gasteiger partial charge in [-0.2, -0.15) is 0 Å². The van der Waals surface area contributed by atoms with Gasteiger partial charge in [0.05, 0.1) is 29.5 Å². The molecule has 1 heterocycles. The van der Waals surface area contributed by atoms with E-state index in [1.165, 1.54) is 46.9 Å². The predicted molar refractivity (Wildman–Crippen MR) is 254 cm³/mol. The molecule has 2 N–H and O–H groups in total. The standard InChI is InChI=1S/C47H51Cl6NO17/c1-23-28(67-39(59)34(66-24(2)55)32(54-7)26-14-10-8-11-15-26)19-45(62)37(70-38(58)27-16-12-9-13-17-27)35-43(6,36(57)33(31(23)42(45,4)5)69-41(61)65-22-47(51,52)53)29(68-40(60)64-21-46(48,49)50)18-30-44(35,20-63-30)71-25(3)56/h8-17,28-30,32-35,37,54,62H,18-22H2,1-7H3/t28-,29-,30+,32-,33+,34?,35-,37-,43+,44-,45+/m0/s1. The van der Waals surface area contributed by atoms with Gasteiger partial charge in [-0.05, 0) is 49.7 Å². The molecule has 24 heteroatoms. The second-order valence-electron chi connectivity index (χ2n) is 18.3. The van der Waals surface area contributed by atoms with E-state index in [1.54, 1.807) is 48.5 Å². The maximum atomic E-state index is 16.3. The third-order valence-electron chi connectivity index (χ3n) is 13.6. The fraction of sp³-hybridized carbons (Fsp3) is 0.553. The molecule has 11 atom stereocenters. The summed E-state index contributed by atoms with van der Waals surface area (Å²) >= 11 is 35.4. The normalized spacial score (nSPS) is 29.7. The molecule has 2 saturated carbocycles. The lowest BCUT2D eigenvalue weighted by atomic mass is 9.44. The number of likely N-dealkylation sites (N-methyl/N-ethyl adjacent to an activating group) is 1. The number of hydrogen-bond donors (Lipinski definition) is 2. The number of halogens is 6. The summed E-state index contributed by atoms with van der Waals surface area (Å²) in [5.41, 5.74) is -8.60. The molecule has 0 radical (unpaired) electrons. The van der Waals surface area contributed by atoms with E-state index >= 15 is 4.79 Å². The number of carbonyl (C=O) groups excluding carboxylic acids is 7. The summed E-state index contributed by atoms with van der Waals surface area (Å²) in [6.45, 7) is 5.60. The van der Waals surface area contributed by atoms with E-state index in [1.807, 2.05) is 0 Å². The quantitative estimate of drug-likeness (QED) is 0.0851. The number of carbonyl (C=O) groups is 7.